The Labute approximate surface area is 103 Å². The molecule has 0 bridgehead atoms. The van der Waals surface area contributed by atoms with Gasteiger partial charge in [-0.15, -0.1) is 0 Å². The summed E-state index contributed by atoms with van der Waals surface area (Å²) >= 11 is 0. The van der Waals surface area contributed by atoms with Crippen molar-refractivity contribution in [2.24, 2.45) is 0 Å². The van der Waals surface area contributed by atoms with Gasteiger partial charge in [0.2, 0.25) is 0 Å². The Morgan fingerprint density at radius 2 is 1.56 bits per heavy atom. The third-order valence-corrected chi connectivity index (χ3v) is 3.27. The molecule has 1 heterocycles. The molecule has 0 aromatic carbocycles. The lowest BCUT2D eigenvalue weighted by atomic mass is 9.16. The number of rotatable bonds is 1. The van der Waals surface area contributed by atoms with Gasteiger partial charge in [0.15, 0.2) is 7.85 Å². The standard InChI is InChI=1S/C11H21B4N/c1-6-8(15(13)14)7(2)10(12)16-9(6)11(3,4)5/h12-14H2,1-5H3. The van der Waals surface area contributed by atoms with Crippen LogP contribution in [0.3, 0.4) is 0 Å². The fourth-order valence-corrected chi connectivity index (χ4v) is 2.54. The zero-order chi connectivity index (χ0) is 12.7. The van der Waals surface area contributed by atoms with E-state index in [9.17, 15) is 0 Å². The predicted octanol–water partition coefficient (Wildman–Crippen LogP) is -1.78. The summed E-state index contributed by atoms with van der Waals surface area (Å²) in [5.74, 6) is 0. The van der Waals surface area contributed by atoms with Crippen molar-refractivity contribution in [1.82, 2.24) is 4.98 Å². The van der Waals surface area contributed by atoms with Gasteiger partial charge in [-0.3, -0.25) is 4.98 Å². The Bertz CT molecular complexity index is 407. The van der Waals surface area contributed by atoms with E-state index in [0.717, 1.165) is 0 Å². The molecule has 0 saturated heterocycles. The maximum Gasteiger partial charge on any atom is 0.164 e. The summed E-state index contributed by atoms with van der Waals surface area (Å²) < 4.78 is 0. The molecular formula is C11H21B4N. The van der Waals surface area contributed by atoms with E-state index in [1.807, 2.05) is 0 Å². The maximum atomic E-state index is 4.79. The Balaban J connectivity index is 3.57. The molecule has 0 saturated carbocycles. The molecule has 0 spiro atoms. The Morgan fingerprint density at radius 3 is 1.94 bits per heavy atom. The zero-order valence-electron chi connectivity index (χ0n) is 12.0. The van der Waals surface area contributed by atoms with Crippen LogP contribution in [0, 0.1) is 13.8 Å². The Kier molecular flexibility index (Phi) is 3.66. The molecule has 1 aromatic rings. The minimum atomic E-state index is 0.131. The van der Waals surface area contributed by atoms with Crippen LogP contribution in [0.15, 0.2) is 0 Å². The minimum Gasteiger partial charge on any atom is -0.268 e. The van der Waals surface area contributed by atoms with Crippen LogP contribution < -0.4 is 11.1 Å². The topological polar surface area (TPSA) is 12.9 Å². The fourth-order valence-electron chi connectivity index (χ4n) is 2.54. The molecule has 0 radical (unpaired) electrons. The van der Waals surface area contributed by atoms with E-state index in [2.05, 4.69) is 57.9 Å². The molecule has 1 nitrogen and oxygen atoms in total. The van der Waals surface area contributed by atoms with Crippen molar-refractivity contribution in [3.8, 4) is 0 Å². The minimum absolute atomic E-state index is 0.131. The van der Waals surface area contributed by atoms with Gasteiger partial charge in [0.1, 0.15) is 6.49 Å². The molecule has 16 heavy (non-hydrogen) atoms. The smallest absolute Gasteiger partial charge is 0.164 e. The number of hydrogen-bond acceptors (Lipinski definition) is 1. The third kappa shape index (κ3) is 2.39. The lowest BCUT2D eigenvalue weighted by Crippen LogP contribution is -2.42. The van der Waals surface area contributed by atoms with Gasteiger partial charge in [0, 0.05) is 11.1 Å². The van der Waals surface area contributed by atoms with E-state index in [1.54, 1.807) is 0 Å². The van der Waals surface area contributed by atoms with Crippen LogP contribution in [0.5, 0.6) is 0 Å². The highest BCUT2D eigenvalue weighted by Gasteiger charge is 2.23. The average Bonchev–Trinajstić information content (AvgIpc) is 2.09. The van der Waals surface area contributed by atoms with Crippen LogP contribution in [0.4, 0.5) is 0 Å². The van der Waals surface area contributed by atoms with Crippen LogP contribution in [0.1, 0.15) is 37.6 Å². The third-order valence-electron chi connectivity index (χ3n) is 3.27. The van der Waals surface area contributed by atoms with Gasteiger partial charge in [-0.2, -0.15) is 0 Å². The first-order valence-electron chi connectivity index (χ1n) is 6.14. The Hall–Kier alpha value is -0.590. The normalized spacial score (nSPS) is 11.6. The van der Waals surface area contributed by atoms with Crippen molar-refractivity contribution < 1.29 is 0 Å². The van der Waals surface area contributed by atoms with Crippen LogP contribution in [0.2, 0.25) is 0 Å². The van der Waals surface area contributed by atoms with Gasteiger partial charge < -0.3 is 0 Å². The second-order valence-corrected chi connectivity index (χ2v) is 6.11. The Morgan fingerprint density at radius 1 is 1.06 bits per heavy atom. The van der Waals surface area contributed by atoms with Crippen molar-refractivity contribution in [2.75, 3.05) is 0 Å². The lowest BCUT2D eigenvalue weighted by molar-refractivity contribution is 0.566. The summed E-state index contributed by atoms with van der Waals surface area (Å²) in [6.07, 6.45) is 0. The van der Waals surface area contributed by atoms with Gasteiger partial charge in [0.05, 0.1) is 15.5 Å². The summed E-state index contributed by atoms with van der Waals surface area (Å²) in [4.78, 5) is 4.79. The first kappa shape index (κ1) is 13.5. The van der Waals surface area contributed by atoms with E-state index < -0.39 is 0 Å². The molecule has 1 rings (SSSR count). The molecule has 0 aliphatic carbocycles. The van der Waals surface area contributed by atoms with Crippen molar-refractivity contribution in [1.29, 1.82) is 0 Å². The summed E-state index contributed by atoms with van der Waals surface area (Å²) in [6.45, 7) is 11.7. The predicted molar refractivity (Wildman–Crippen MR) is 83.1 cm³/mol. The number of hydrogen-bond donors (Lipinski definition) is 0. The number of pyridine rings is 1. The second-order valence-electron chi connectivity index (χ2n) is 6.11. The van der Waals surface area contributed by atoms with Crippen molar-refractivity contribution in [3.63, 3.8) is 0 Å². The SMILES string of the molecule is BB(B)c1c(C)c(B)nc(C(C)(C)C)c1C. The van der Waals surface area contributed by atoms with Crippen molar-refractivity contribution >= 4 is 40.9 Å². The van der Waals surface area contributed by atoms with Crippen LogP contribution in [0.25, 0.3) is 0 Å². The molecule has 0 aliphatic rings. The largest absolute Gasteiger partial charge is 0.268 e. The first-order valence-corrected chi connectivity index (χ1v) is 6.14. The average molecular weight is 211 g/mol. The highest BCUT2D eigenvalue weighted by molar-refractivity contribution is 7.35. The second kappa shape index (κ2) is 4.35. The summed E-state index contributed by atoms with van der Waals surface area (Å²) in [6, 6.07) is 0. The van der Waals surface area contributed by atoms with E-state index in [1.165, 1.54) is 27.9 Å². The first-order chi connectivity index (χ1) is 7.16. The van der Waals surface area contributed by atoms with Gasteiger partial charge in [-0.1, -0.05) is 26.2 Å². The van der Waals surface area contributed by atoms with Crippen molar-refractivity contribution in [3.05, 3.63) is 16.8 Å². The van der Waals surface area contributed by atoms with E-state index in [-0.39, 0.29) is 5.41 Å². The molecule has 1 aromatic heterocycles. The zero-order valence-corrected chi connectivity index (χ0v) is 12.0. The molecule has 0 unspecified atom stereocenters. The van der Waals surface area contributed by atoms with Crippen molar-refractivity contribution in [2.45, 2.75) is 40.0 Å². The van der Waals surface area contributed by atoms with Crippen LogP contribution >= 0.6 is 0 Å². The summed E-state index contributed by atoms with van der Waals surface area (Å²) in [5, 5.41) is 0. The monoisotopic (exact) mass is 211 g/mol. The molecule has 5 heteroatoms. The highest BCUT2D eigenvalue weighted by atomic mass is 14.7. The van der Waals surface area contributed by atoms with E-state index >= 15 is 0 Å². The van der Waals surface area contributed by atoms with Gasteiger partial charge >= 0.3 is 0 Å². The fraction of sp³-hybridized carbons (Fsp3) is 0.545. The lowest BCUT2D eigenvalue weighted by Gasteiger charge is -2.26. The van der Waals surface area contributed by atoms with Crippen LogP contribution in [-0.2, 0) is 5.41 Å². The molecule has 0 aliphatic heterocycles. The molecule has 0 fully saturated rings. The molecule has 82 valence electrons. The quantitative estimate of drug-likeness (QED) is 0.500. The van der Waals surface area contributed by atoms with E-state index in [0.29, 0.717) is 6.49 Å². The molecular weight excluding hydrogens is 189 g/mol. The molecule has 0 atom stereocenters. The number of aromatic nitrogens is 1. The van der Waals surface area contributed by atoms with Gasteiger partial charge in [-0.05, 0) is 30.6 Å². The number of nitrogens with zero attached hydrogens (tertiary/aromatic N) is 1. The van der Waals surface area contributed by atoms with E-state index in [4.69, 9.17) is 4.98 Å². The van der Waals surface area contributed by atoms with Gasteiger partial charge in [-0.25, -0.2) is 0 Å². The maximum absolute atomic E-state index is 4.79. The molecule has 0 N–H and O–H groups in total. The highest BCUT2D eigenvalue weighted by Crippen LogP contribution is 2.22. The van der Waals surface area contributed by atoms with Crippen LogP contribution in [-0.4, -0.2) is 34.8 Å². The van der Waals surface area contributed by atoms with Gasteiger partial charge in [0.25, 0.3) is 0 Å². The summed E-state index contributed by atoms with van der Waals surface area (Å²) in [7, 11) is 6.65. The summed E-state index contributed by atoms with van der Waals surface area (Å²) in [5.41, 5.74) is 6.79. The molecule has 0 amide bonds.